The molecule has 0 spiro atoms. The number of nitrogens with two attached hydrogens (primary N) is 1. The van der Waals surface area contributed by atoms with Gasteiger partial charge in [0.05, 0.1) is 0 Å². The SMILES string of the molecule is Cc1cccc(NC(C)(CN)CCc2ccccc2)c1. The third-order valence-electron chi connectivity index (χ3n) is 3.72. The van der Waals surface area contributed by atoms with Crippen LogP contribution in [0.25, 0.3) is 0 Å². The molecule has 3 N–H and O–H groups in total. The first-order chi connectivity index (χ1) is 9.61. The van der Waals surface area contributed by atoms with Crippen LogP contribution in [0.4, 0.5) is 5.69 Å². The fourth-order valence-electron chi connectivity index (χ4n) is 2.35. The van der Waals surface area contributed by atoms with E-state index in [-0.39, 0.29) is 5.54 Å². The third kappa shape index (κ3) is 4.10. The molecule has 0 bridgehead atoms. The van der Waals surface area contributed by atoms with Gasteiger partial charge in [-0.1, -0.05) is 42.5 Å². The van der Waals surface area contributed by atoms with Crippen LogP contribution in [0.2, 0.25) is 0 Å². The summed E-state index contributed by atoms with van der Waals surface area (Å²) in [7, 11) is 0. The van der Waals surface area contributed by atoms with Gasteiger partial charge in [-0.25, -0.2) is 0 Å². The second-order valence-corrected chi connectivity index (χ2v) is 5.74. The molecule has 0 heterocycles. The number of hydrogen-bond acceptors (Lipinski definition) is 2. The summed E-state index contributed by atoms with van der Waals surface area (Å²) in [4.78, 5) is 0. The Kier molecular flexibility index (Phi) is 4.80. The van der Waals surface area contributed by atoms with Gasteiger partial charge in [0.15, 0.2) is 0 Å². The molecule has 0 aliphatic heterocycles. The second kappa shape index (κ2) is 6.58. The molecule has 0 aliphatic rings. The van der Waals surface area contributed by atoms with Crippen molar-refractivity contribution < 1.29 is 0 Å². The zero-order chi connectivity index (χ0) is 14.4. The highest BCUT2D eigenvalue weighted by Crippen LogP contribution is 2.20. The highest BCUT2D eigenvalue weighted by molar-refractivity contribution is 5.47. The normalized spacial score (nSPS) is 13.8. The van der Waals surface area contributed by atoms with E-state index in [9.17, 15) is 0 Å². The summed E-state index contributed by atoms with van der Waals surface area (Å²) in [6, 6.07) is 19.0. The number of benzene rings is 2. The summed E-state index contributed by atoms with van der Waals surface area (Å²) in [6.07, 6.45) is 2.05. The van der Waals surface area contributed by atoms with Crippen molar-refractivity contribution >= 4 is 5.69 Å². The number of rotatable bonds is 6. The van der Waals surface area contributed by atoms with Gasteiger partial charge in [-0.15, -0.1) is 0 Å². The van der Waals surface area contributed by atoms with E-state index in [2.05, 4.69) is 73.8 Å². The maximum atomic E-state index is 5.99. The van der Waals surface area contributed by atoms with E-state index in [1.54, 1.807) is 0 Å². The van der Waals surface area contributed by atoms with Gasteiger partial charge >= 0.3 is 0 Å². The molecule has 2 heteroatoms. The van der Waals surface area contributed by atoms with Crippen LogP contribution in [0.5, 0.6) is 0 Å². The van der Waals surface area contributed by atoms with Crippen molar-refractivity contribution in [3.8, 4) is 0 Å². The molecule has 0 saturated heterocycles. The maximum Gasteiger partial charge on any atom is 0.0470 e. The van der Waals surface area contributed by atoms with Crippen molar-refractivity contribution in [2.45, 2.75) is 32.2 Å². The van der Waals surface area contributed by atoms with Gasteiger partial charge in [0.2, 0.25) is 0 Å². The van der Waals surface area contributed by atoms with Crippen molar-refractivity contribution in [3.63, 3.8) is 0 Å². The lowest BCUT2D eigenvalue weighted by Crippen LogP contribution is -2.43. The smallest absolute Gasteiger partial charge is 0.0470 e. The van der Waals surface area contributed by atoms with Crippen LogP contribution >= 0.6 is 0 Å². The highest BCUT2D eigenvalue weighted by Gasteiger charge is 2.21. The summed E-state index contributed by atoms with van der Waals surface area (Å²) in [5.74, 6) is 0. The average molecular weight is 268 g/mol. The molecular weight excluding hydrogens is 244 g/mol. The van der Waals surface area contributed by atoms with Gasteiger partial charge in [0.1, 0.15) is 0 Å². The van der Waals surface area contributed by atoms with E-state index in [4.69, 9.17) is 5.73 Å². The molecule has 20 heavy (non-hydrogen) atoms. The Balaban J connectivity index is 2.01. The Labute approximate surface area is 122 Å². The topological polar surface area (TPSA) is 38.0 Å². The van der Waals surface area contributed by atoms with Crippen molar-refractivity contribution in [2.24, 2.45) is 5.73 Å². The van der Waals surface area contributed by atoms with Gasteiger partial charge in [0.25, 0.3) is 0 Å². The third-order valence-corrected chi connectivity index (χ3v) is 3.72. The highest BCUT2D eigenvalue weighted by atomic mass is 15.0. The van der Waals surface area contributed by atoms with Crippen molar-refractivity contribution in [1.29, 1.82) is 0 Å². The van der Waals surface area contributed by atoms with Crippen LogP contribution in [-0.4, -0.2) is 12.1 Å². The van der Waals surface area contributed by atoms with Crippen LogP contribution in [0, 0.1) is 6.92 Å². The minimum atomic E-state index is -0.0797. The molecule has 0 fully saturated rings. The van der Waals surface area contributed by atoms with E-state index in [0.717, 1.165) is 18.5 Å². The molecule has 1 unspecified atom stereocenters. The van der Waals surface area contributed by atoms with Gasteiger partial charge < -0.3 is 11.1 Å². The molecule has 0 radical (unpaired) electrons. The first-order valence-corrected chi connectivity index (χ1v) is 7.20. The molecular formula is C18H24N2. The minimum Gasteiger partial charge on any atom is -0.379 e. The van der Waals surface area contributed by atoms with Gasteiger partial charge in [-0.2, -0.15) is 0 Å². The summed E-state index contributed by atoms with van der Waals surface area (Å²) in [5.41, 5.74) is 9.68. The Morgan fingerprint density at radius 1 is 1.05 bits per heavy atom. The molecule has 1 atom stereocenters. The Bertz CT molecular complexity index is 536. The van der Waals surface area contributed by atoms with Crippen molar-refractivity contribution in [1.82, 2.24) is 0 Å². The average Bonchev–Trinajstić information content (AvgIpc) is 2.46. The van der Waals surface area contributed by atoms with Crippen molar-refractivity contribution in [3.05, 3.63) is 65.7 Å². The molecule has 0 amide bonds. The molecule has 2 nitrogen and oxygen atoms in total. The van der Waals surface area contributed by atoms with E-state index >= 15 is 0 Å². The van der Waals surface area contributed by atoms with E-state index in [1.807, 2.05) is 0 Å². The van der Waals surface area contributed by atoms with Crippen LogP contribution in [-0.2, 0) is 6.42 Å². The summed E-state index contributed by atoms with van der Waals surface area (Å²) >= 11 is 0. The first-order valence-electron chi connectivity index (χ1n) is 7.20. The van der Waals surface area contributed by atoms with Gasteiger partial charge in [-0.3, -0.25) is 0 Å². The van der Waals surface area contributed by atoms with Gasteiger partial charge in [-0.05, 0) is 49.9 Å². The number of nitrogens with one attached hydrogen (secondary N) is 1. The van der Waals surface area contributed by atoms with E-state index < -0.39 is 0 Å². The summed E-state index contributed by atoms with van der Waals surface area (Å²) in [6.45, 7) is 4.92. The quantitative estimate of drug-likeness (QED) is 0.837. The monoisotopic (exact) mass is 268 g/mol. The lowest BCUT2D eigenvalue weighted by Gasteiger charge is -2.31. The molecule has 0 saturated carbocycles. The lowest BCUT2D eigenvalue weighted by molar-refractivity contribution is 0.483. The fourth-order valence-corrected chi connectivity index (χ4v) is 2.35. The molecule has 0 aromatic heterocycles. The fraction of sp³-hybridized carbons (Fsp3) is 0.333. The summed E-state index contributed by atoms with van der Waals surface area (Å²) < 4.78 is 0. The Morgan fingerprint density at radius 2 is 1.80 bits per heavy atom. The zero-order valence-corrected chi connectivity index (χ0v) is 12.4. The standard InChI is InChI=1S/C18H24N2/c1-15-7-6-10-17(13-15)20-18(2,14-19)12-11-16-8-4-3-5-9-16/h3-10,13,20H,11-12,14,19H2,1-2H3. The van der Waals surface area contributed by atoms with Gasteiger partial charge in [0, 0.05) is 17.8 Å². The second-order valence-electron chi connectivity index (χ2n) is 5.74. The number of anilines is 1. The number of aryl methyl sites for hydroxylation is 2. The predicted octanol–water partition coefficient (Wildman–Crippen LogP) is 3.76. The maximum absolute atomic E-state index is 5.99. The lowest BCUT2D eigenvalue weighted by atomic mass is 9.92. The van der Waals surface area contributed by atoms with E-state index in [0.29, 0.717) is 6.54 Å². The Morgan fingerprint density at radius 3 is 2.45 bits per heavy atom. The minimum absolute atomic E-state index is 0.0797. The molecule has 2 aromatic carbocycles. The van der Waals surface area contributed by atoms with E-state index in [1.165, 1.54) is 11.1 Å². The molecule has 2 aromatic rings. The number of hydrogen-bond donors (Lipinski definition) is 2. The molecule has 0 aliphatic carbocycles. The van der Waals surface area contributed by atoms with Crippen LogP contribution in [0.15, 0.2) is 54.6 Å². The first kappa shape index (κ1) is 14.6. The largest absolute Gasteiger partial charge is 0.379 e. The van der Waals surface area contributed by atoms with Crippen LogP contribution in [0.3, 0.4) is 0 Å². The van der Waals surface area contributed by atoms with Crippen molar-refractivity contribution in [2.75, 3.05) is 11.9 Å². The Hall–Kier alpha value is -1.80. The zero-order valence-electron chi connectivity index (χ0n) is 12.4. The molecule has 106 valence electrons. The molecule has 2 rings (SSSR count). The summed E-state index contributed by atoms with van der Waals surface area (Å²) in [5, 5.41) is 3.59. The van der Waals surface area contributed by atoms with Crippen LogP contribution in [0.1, 0.15) is 24.5 Å². The van der Waals surface area contributed by atoms with Crippen LogP contribution < -0.4 is 11.1 Å². The predicted molar refractivity (Wildman–Crippen MR) is 87.0 cm³/mol.